The van der Waals surface area contributed by atoms with Crippen molar-refractivity contribution in [2.24, 2.45) is 0 Å². The summed E-state index contributed by atoms with van der Waals surface area (Å²) in [4.78, 5) is 12.3. The van der Waals surface area contributed by atoms with Crippen LogP contribution in [-0.2, 0) is 6.42 Å². The van der Waals surface area contributed by atoms with Crippen molar-refractivity contribution in [1.29, 1.82) is 0 Å². The van der Waals surface area contributed by atoms with E-state index in [4.69, 9.17) is 13.9 Å². The van der Waals surface area contributed by atoms with Crippen LogP contribution >= 0.6 is 0 Å². The molecule has 2 heterocycles. The zero-order valence-corrected chi connectivity index (χ0v) is 13.3. The molecule has 7 nitrogen and oxygen atoms in total. The van der Waals surface area contributed by atoms with E-state index >= 15 is 0 Å². The van der Waals surface area contributed by atoms with Gasteiger partial charge in [-0.2, -0.15) is 0 Å². The lowest BCUT2D eigenvalue weighted by Crippen LogP contribution is -2.17. The van der Waals surface area contributed by atoms with E-state index in [2.05, 4.69) is 15.5 Å². The molecule has 1 aliphatic heterocycles. The number of rotatable bonds is 4. The predicted octanol–water partition coefficient (Wildman–Crippen LogP) is 2.68. The molecule has 126 valence electrons. The van der Waals surface area contributed by atoms with E-state index in [1.54, 1.807) is 18.2 Å². The first kappa shape index (κ1) is 15.2. The fourth-order valence-corrected chi connectivity index (χ4v) is 2.50. The van der Waals surface area contributed by atoms with Gasteiger partial charge in [0.15, 0.2) is 11.5 Å². The molecule has 3 aromatic rings. The molecule has 0 atom stereocenters. The first-order valence-corrected chi connectivity index (χ1v) is 7.85. The van der Waals surface area contributed by atoms with Gasteiger partial charge in [-0.3, -0.25) is 10.1 Å². The summed E-state index contributed by atoms with van der Waals surface area (Å²) < 4.78 is 16.4. The van der Waals surface area contributed by atoms with Gasteiger partial charge in [-0.1, -0.05) is 35.4 Å². The lowest BCUT2D eigenvalue weighted by atomic mass is 10.2. The summed E-state index contributed by atoms with van der Waals surface area (Å²) in [5.41, 5.74) is 1.47. The second-order valence-corrected chi connectivity index (χ2v) is 5.48. The summed E-state index contributed by atoms with van der Waals surface area (Å²) >= 11 is 0. The molecule has 0 spiro atoms. The normalized spacial score (nSPS) is 12.6. The number of nitrogens with zero attached hydrogens (tertiary/aromatic N) is 2. The fourth-order valence-electron chi connectivity index (χ4n) is 2.50. The average molecular weight is 337 g/mol. The Balaban J connectivity index is 1.44. The topological polar surface area (TPSA) is 86.5 Å². The van der Waals surface area contributed by atoms with Crippen molar-refractivity contribution in [3.63, 3.8) is 0 Å². The molecular weight excluding hydrogens is 322 g/mol. The minimum absolute atomic E-state index is 0.0609. The fraction of sp³-hybridized carbons (Fsp3) is 0.167. The molecule has 0 saturated heterocycles. The first-order valence-electron chi connectivity index (χ1n) is 7.85. The Bertz CT molecular complexity index is 892. The predicted molar refractivity (Wildman–Crippen MR) is 88.9 cm³/mol. The number of nitrogens with one attached hydrogen (secondary N) is 1. The molecule has 1 amide bonds. The van der Waals surface area contributed by atoms with Crippen LogP contribution in [0, 0.1) is 0 Å². The van der Waals surface area contributed by atoms with E-state index in [1.165, 1.54) is 0 Å². The Kier molecular flexibility index (Phi) is 4.04. The standard InChI is InChI=1S/C18H15N3O4/c22-17(13-6-7-14-15(11-13)24-9-8-23-14)19-18-21-20-16(25-18)10-12-4-2-1-3-5-12/h1-7,11H,8-10H2,(H,19,21,22). The Labute approximate surface area is 143 Å². The number of carbonyl (C=O) groups excluding carboxylic acids is 1. The van der Waals surface area contributed by atoms with Crippen molar-refractivity contribution in [2.75, 3.05) is 18.5 Å². The van der Waals surface area contributed by atoms with Crippen LogP contribution in [0.2, 0.25) is 0 Å². The van der Waals surface area contributed by atoms with E-state index < -0.39 is 0 Å². The monoisotopic (exact) mass is 337 g/mol. The van der Waals surface area contributed by atoms with E-state index in [0.717, 1.165) is 5.56 Å². The molecule has 0 saturated carbocycles. The number of carbonyl (C=O) groups is 1. The Morgan fingerprint density at radius 1 is 1.00 bits per heavy atom. The van der Waals surface area contributed by atoms with Crippen LogP contribution in [0.1, 0.15) is 21.8 Å². The molecule has 1 aliphatic rings. The maximum atomic E-state index is 12.3. The van der Waals surface area contributed by atoms with Crippen molar-refractivity contribution in [1.82, 2.24) is 10.2 Å². The van der Waals surface area contributed by atoms with Gasteiger partial charge in [0.25, 0.3) is 5.91 Å². The summed E-state index contributed by atoms with van der Waals surface area (Å²) in [5, 5.41) is 10.4. The molecule has 0 radical (unpaired) electrons. The van der Waals surface area contributed by atoms with Crippen molar-refractivity contribution in [2.45, 2.75) is 6.42 Å². The first-order chi connectivity index (χ1) is 12.3. The lowest BCUT2D eigenvalue weighted by Gasteiger charge is -2.18. The molecule has 2 aromatic carbocycles. The zero-order chi connectivity index (χ0) is 17.1. The van der Waals surface area contributed by atoms with Gasteiger partial charge in [0.1, 0.15) is 13.2 Å². The molecule has 7 heteroatoms. The van der Waals surface area contributed by atoms with Crippen molar-refractivity contribution < 1.29 is 18.7 Å². The van der Waals surface area contributed by atoms with E-state index in [9.17, 15) is 4.79 Å². The van der Waals surface area contributed by atoms with Crippen LogP contribution in [0.5, 0.6) is 11.5 Å². The van der Waals surface area contributed by atoms with Crippen molar-refractivity contribution in [3.05, 3.63) is 65.5 Å². The van der Waals surface area contributed by atoms with Gasteiger partial charge in [-0.05, 0) is 23.8 Å². The second kappa shape index (κ2) is 6.64. The molecule has 4 rings (SSSR count). The highest BCUT2D eigenvalue weighted by Crippen LogP contribution is 2.30. The van der Waals surface area contributed by atoms with E-state index in [1.807, 2.05) is 30.3 Å². The highest BCUT2D eigenvalue weighted by Gasteiger charge is 2.17. The van der Waals surface area contributed by atoms with Crippen LogP contribution in [0.15, 0.2) is 52.9 Å². The Morgan fingerprint density at radius 3 is 2.64 bits per heavy atom. The highest BCUT2D eigenvalue weighted by molar-refractivity contribution is 6.03. The molecule has 1 aromatic heterocycles. The van der Waals surface area contributed by atoms with Crippen molar-refractivity contribution in [3.8, 4) is 11.5 Å². The van der Waals surface area contributed by atoms with Gasteiger partial charge in [0, 0.05) is 5.56 Å². The second-order valence-electron chi connectivity index (χ2n) is 5.48. The Morgan fingerprint density at radius 2 is 1.80 bits per heavy atom. The highest BCUT2D eigenvalue weighted by atomic mass is 16.6. The summed E-state index contributed by atoms with van der Waals surface area (Å²) in [6.07, 6.45) is 0.508. The minimum Gasteiger partial charge on any atom is -0.486 e. The van der Waals surface area contributed by atoms with Gasteiger partial charge in [0.2, 0.25) is 5.89 Å². The van der Waals surface area contributed by atoms with Crippen LogP contribution < -0.4 is 14.8 Å². The Hall–Kier alpha value is -3.35. The molecular formula is C18H15N3O4. The van der Waals surface area contributed by atoms with Crippen LogP contribution in [-0.4, -0.2) is 29.3 Å². The number of fused-ring (bicyclic) bond motifs is 1. The summed E-state index contributed by atoms with van der Waals surface area (Å²) in [5.74, 6) is 1.26. The zero-order valence-electron chi connectivity index (χ0n) is 13.3. The summed E-state index contributed by atoms with van der Waals surface area (Å²) in [7, 11) is 0. The third-order valence-electron chi connectivity index (χ3n) is 3.69. The number of hydrogen-bond acceptors (Lipinski definition) is 6. The molecule has 1 N–H and O–H groups in total. The number of anilines is 1. The number of benzene rings is 2. The lowest BCUT2D eigenvalue weighted by molar-refractivity contribution is 0.102. The van der Waals surface area contributed by atoms with Crippen LogP contribution in [0.25, 0.3) is 0 Å². The minimum atomic E-state index is -0.355. The third kappa shape index (κ3) is 3.45. The smallest absolute Gasteiger partial charge is 0.322 e. The van der Waals surface area contributed by atoms with E-state index in [-0.39, 0.29) is 11.9 Å². The summed E-state index contributed by atoms with van der Waals surface area (Å²) in [6.45, 7) is 0.968. The van der Waals surface area contributed by atoms with Gasteiger partial charge < -0.3 is 13.9 Å². The van der Waals surface area contributed by atoms with Gasteiger partial charge in [-0.25, -0.2) is 0 Å². The molecule has 0 fully saturated rings. The number of ether oxygens (including phenoxy) is 2. The number of hydrogen-bond donors (Lipinski definition) is 1. The molecule has 25 heavy (non-hydrogen) atoms. The molecule has 0 aliphatic carbocycles. The maximum absolute atomic E-state index is 12.3. The van der Waals surface area contributed by atoms with Gasteiger partial charge >= 0.3 is 6.01 Å². The van der Waals surface area contributed by atoms with Crippen molar-refractivity contribution >= 4 is 11.9 Å². The summed E-state index contributed by atoms with van der Waals surface area (Å²) in [6, 6.07) is 14.8. The average Bonchev–Trinajstić information content (AvgIpc) is 3.09. The quantitative estimate of drug-likeness (QED) is 0.788. The van der Waals surface area contributed by atoms with E-state index in [0.29, 0.717) is 42.6 Å². The number of amides is 1. The van der Waals surface area contributed by atoms with Gasteiger partial charge in [0.05, 0.1) is 6.42 Å². The number of aromatic nitrogens is 2. The SMILES string of the molecule is O=C(Nc1nnc(Cc2ccccc2)o1)c1ccc2c(c1)OCCO2. The van der Waals surface area contributed by atoms with Crippen LogP contribution in [0.3, 0.4) is 0 Å². The van der Waals surface area contributed by atoms with Crippen LogP contribution in [0.4, 0.5) is 6.01 Å². The molecule has 0 unspecified atom stereocenters. The maximum Gasteiger partial charge on any atom is 0.322 e. The molecule has 0 bridgehead atoms. The van der Waals surface area contributed by atoms with Gasteiger partial charge in [-0.15, -0.1) is 5.10 Å². The third-order valence-corrected chi connectivity index (χ3v) is 3.69. The largest absolute Gasteiger partial charge is 0.486 e.